The Morgan fingerprint density at radius 2 is 2.00 bits per heavy atom. The smallest absolute Gasteiger partial charge is 0.405 e. The van der Waals surface area contributed by atoms with Gasteiger partial charge in [-0.05, 0) is 25.8 Å². The average molecular weight is 391 g/mol. The fraction of sp³-hybridized carbons (Fsp3) is 0.450. The highest BCUT2D eigenvalue weighted by Gasteiger charge is 2.35. The summed E-state index contributed by atoms with van der Waals surface area (Å²) in [6, 6.07) is 8.59. The molecule has 0 aliphatic carbocycles. The highest BCUT2D eigenvalue weighted by atomic mass is 16.6. The predicted molar refractivity (Wildman–Crippen MR) is 99.7 cm³/mol. The SMILES string of the molecule is CC(=O)/C=C/OC1C(C)OC(=O)[C@@H](NC(=O)O)COC[C@@H]1Cc1ccccc1. The molecule has 8 nitrogen and oxygen atoms in total. The van der Waals surface area contributed by atoms with Crippen LogP contribution in [0.1, 0.15) is 19.4 Å². The van der Waals surface area contributed by atoms with Crippen LogP contribution in [0, 0.1) is 5.92 Å². The number of benzene rings is 1. The zero-order chi connectivity index (χ0) is 20.5. The van der Waals surface area contributed by atoms with Crippen molar-refractivity contribution in [3.8, 4) is 0 Å². The van der Waals surface area contributed by atoms with Crippen LogP contribution in [0.5, 0.6) is 0 Å². The maximum Gasteiger partial charge on any atom is 0.405 e. The standard InChI is InChI=1S/C20H25NO7/c1-13(22)8-9-27-18-14(2)28-19(23)17(21-20(24)25)12-26-11-16(18)10-15-6-4-3-5-7-15/h3-9,14,16-18,21H,10-12H2,1-2H3,(H,24,25)/b9-8+/t14?,16-,17-,18?/m0/s1. The second kappa shape index (κ2) is 10.5. The molecule has 1 aliphatic heterocycles. The lowest BCUT2D eigenvalue weighted by Gasteiger charge is -2.30. The molecule has 1 fully saturated rings. The van der Waals surface area contributed by atoms with E-state index < -0.39 is 30.3 Å². The molecule has 0 aromatic heterocycles. The lowest BCUT2D eigenvalue weighted by atomic mass is 9.91. The number of carbonyl (C=O) groups excluding carboxylic acids is 2. The number of ether oxygens (including phenoxy) is 3. The highest BCUT2D eigenvalue weighted by molar-refractivity contribution is 5.86. The Hall–Kier alpha value is -2.87. The van der Waals surface area contributed by atoms with Gasteiger partial charge in [0.2, 0.25) is 0 Å². The Labute approximate surface area is 163 Å². The molecule has 0 spiro atoms. The number of ketones is 1. The first-order valence-electron chi connectivity index (χ1n) is 9.01. The van der Waals surface area contributed by atoms with Crippen LogP contribution in [0.3, 0.4) is 0 Å². The molecule has 2 rings (SSSR count). The Morgan fingerprint density at radius 3 is 2.64 bits per heavy atom. The van der Waals surface area contributed by atoms with Crippen molar-refractivity contribution in [3.63, 3.8) is 0 Å². The van der Waals surface area contributed by atoms with Crippen molar-refractivity contribution >= 4 is 17.8 Å². The molecule has 2 unspecified atom stereocenters. The van der Waals surface area contributed by atoms with E-state index in [4.69, 9.17) is 19.3 Å². The Bertz CT molecular complexity index is 704. The largest absolute Gasteiger partial charge is 0.494 e. The minimum Gasteiger partial charge on any atom is -0.494 e. The molecule has 0 bridgehead atoms. The first-order valence-corrected chi connectivity index (χ1v) is 9.01. The second-order valence-electron chi connectivity index (χ2n) is 6.65. The van der Waals surface area contributed by atoms with E-state index in [1.54, 1.807) is 6.92 Å². The number of hydrogen-bond acceptors (Lipinski definition) is 6. The number of esters is 1. The van der Waals surface area contributed by atoms with Gasteiger partial charge in [-0.25, -0.2) is 9.59 Å². The third-order valence-electron chi connectivity index (χ3n) is 4.31. The molecule has 4 atom stereocenters. The van der Waals surface area contributed by atoms with Crippen molar-refractivity contribution < 1.29 is 33.7 Å². The monoisotopic (exact) mass is 391 g/mol. The molecule has 1 amide bonds. The summed E-state index contributed by atoms with van der Waals surface area (Å²) in [5.41, 5.74) is 1.05. The molecule has 1 heterocycles. The van der Waals surface area contributed by atoms with E-state index in [0.717, 1.165) is 5.56 Å². The van der Waals surface area contributed by atoms with Gasteiger partial charge in [0.15, 0.2) is 11.8 Å². The summed E-state index contributed by atoms with van der Waals surface area (Å²) < 4.78 is 16.8. The van der Waals surface area contributed by atoms with Crippen LogP contribution in [0.25, 0.3) is 0 Å². The molecule has 1 aromatic rings. The van der Waals surface area contributed by atoms with Crippen molar-refractivity contribution in [1.82, 2.24) is 5.32 Å². The summed E-state index contributed by atoms with van der Waals surface area (Å²) in [4.78, 5) is 34.4. The second-order valence-corrected chi connectivity index (χ2v) is 6.65. The molecule has 8 heteroatoms. The van der Waals surface area contributed by atoms with Crippen LogP contribution in [-0.4, -0.2) is 54.4 Å². The van der Waals surface area contributed by atoms with Crippen molar-refractivity contribution in [2.45, 2.75) is 38.5 Å². The quantitative estimate of drug-likeness (QED) is 0.433. The molecule has 0 saturated carbocycles. The van der Waals surface area contributed by atoms with Gasteiger partial charge in [-0.15, -0.1) is 0 Å². The van der Waals surface area contributed by atoms with E-state index in [2.05, 4.69) is 5.32 Å². The fourth-order valence-corrected chi connectivity index (χ4v) is 3.00. The van der Waals surface area contributed by atoms with Crippen molar-refractivity contribution in [3.05, 3.63) is 48.2 Å². The average Bonchev–Trinajstić information content (AvgIpc) is 2.67. The molecule has 152 valence electrons. The molecule has 1 saturated heterocycles. The van der Waals surface area contributed by atoms with Crippen molar-refractivity contribution in [2.24, 2.45) is 5.92 Å². The van der Waals surface area contributed by atoms with E-state index in [0.29, 0.717) is 6.42 Å². The number of rotatable bonds is 6. The number of hydrogen-bond donors (Lipinski definition) is 2. The molecule has 1 aromatic carbocycles. The lowest BCUT2D eigenvalue weighted by Crippen LogP contribution is -2.45. The Morgan fingerprint density at radius 1 is 1.29 bits per heavy atom. The van der Waals surface area contributed by atoms with Crippen molar-refractivity contribution in [2.75, 3.05) is 13.2 Å². The van der Waals surface area contributed by atoms with E-state index in [1.807, 2.05) is 30.3 Å². The number of carboxylic acid groups (broad SMARTS) is 1. The number of allylic oxidation sites excluding steroid dienone is 1. The van der Waals surface area contributed by atoms with Gasteiger partial charge >= 0.3 is 12.1 Å². The van der Waals surface area contributed by atoms with Crippen LogP contribution in [0.15, 0.2) is 42.7 Å². The van der Waals surface area contributed by atoms with Crippen LogP contribution >= 0.6 is 0 Å². The third kappa shape index (κ3) is 6.70. The predicted octanol–water partition coefficient (Wildman–Crippen LogP) is 1.93. The lowest BCUT2D eigenvalue weighted by molar-refractivity contribution is -0.157. The molecule has 1 aliphatic rings. The molecular weight excluding hydrogens is 366 g/mol. The Balaban J connectivity index is 2.23. The maximum atomic E-state index is 12.3. The van der Waals surface area contributed by atoms with E-state index in [-0.39, 0.29) is 24.9 Å². The van der Waals surface area contributed by atoms with Gasteiger partial charge in [0.05, 0.1) is 19.5 Å². The van der Waals surface area contributed by atoms with Crippen molar-refractivity contribution in [1.29, 1.82) is 0 Å². The summed E-state index contributed by atoms with van der Waals surface area (Å²) in [7, 11) is 0. The van der Waals surface area contributed by atoms with Gasteiger partial charge in [-0.1, -0.05) is 30.3 Å². The molecule has 0 radical (unpaired) electrons. The first-order chi connectivity index (χ1) is 13.4. The van der Waals surface area contributed by atoms with Crippen LogP contribution in [0.2, 0.25) is 0 Å². The first kappa shape index (κ1) is 21.4. The maximum absolute atomic E-state index is 12.3. The number of amides is 1. The molecule has 28 heavy (non-hydrogen) atoms. The van der Waals surface area contributed by atoms with Gasteiger partial charge < -0.3 is 24.6 Å². The van der Waals surface area contributed by atoms with Gasteiger partial charge in [0.1, 0.15) is 12.2 Å². The van der Waals surface area contributed by atoms with Crippen LogP contribution < -0.4 is 5.32 Å². The Kier molecular flexibility index (Phi) is 8.01. The van der Waals surface area contributed by atoms with E-state index in [1.165, 1.54) is 19.3 Å². The van der Waals surface area contributed by atoms with Gasteiger partial charge in [0.25, 0.3) is 0 Å². The molecule has 2 N–H and O–H groups in total. The zero-order valence-electron chi connectivity index (χ0n) is 15.9. The summed E-state index contributed by atoms with van der Waals surface area (Å²) >= 11 is 0. The number of cyclic esters (lactones) is 1. The summed E-state index contributed by atoms with van der Waals surface area (Å²) in [6.45, 7) is 3.16. The van der Waals surface area contributed by atoms with Crippen LogP contribution in [0.4, 0.5) is 4.79 Å². The number of carbonyl (C=O) groups is 3. The summed E-state index contributed by atoms with van der Waals surface area (Å²) in [5.74, 6) is -1.10. The van der Waals surface area contributed by atoms with E-state index in [9.17, 15) is 14.4 Å². The number of nitrogens with one attached hydrogen (secondary N) is 1. The summed E-state index contributed by atoms with van der Waals surface area (Å²) in [5, 5.41) is 11.0. The zero-order valence-corrected chi connectivity index (χ0v) is 15.9. The molecular formula is C20H25NO7. The normalized spacial score (nSPS) is 25.9. The van der Waals surface area contributed by atoms with Crippen LogP contribution in [-0.2, 0) is 30.2 Å². The van der Waals surface area contributed by atoms with Gasteiger partial charge in [0, 0.05) is 12.0 Å². The third-order valence-corrected chi connectivity index (χ3v) is 4.31. The highest BCUT2D eigenvalue weighted by Crippen LogP contribution is 2.23. The fourth-order valence-electron chi connectivity index (χ4n) is 3.00. The minimum absolute atomic E-state index is 0.140. The minimum atomic E-state index is -1.34. The van der Waals surface area contributed by atoms with Gasteiger partial charge in [-0.3, -0.25) is 4.79 Å². The summed E-state index contributed by atoms with van der Waals surface area (Å²) in [6.07, 6.45) is 0.575. The topological polar surface area (TPSA) is 111 Å². The van der Waals surface area contributed by atoms with Gasteiger partial charge in [-0.2, -0.15) is 0 Å². The van der Waals surface area contributed by atoms with E-state index >= 15 is 0 Å².